The van der Waals surface area contributed by atoms with E-state index in [1.165, 1.54) is 23.7 Å². The van der Waals surface area contributed by atoms with Gasteiger partial charge >= 0.3 is 0 Å². The molecule has 1 aromatic heterocycles. The molecule has 8 heteroatoms. The van der Waals surface area contributed by atoms with Crippen molar-refractivity contribution in [1.82, 2.24) is 9.29 Å². The summed E-state index contributed by atoms with van der Waals surface area (Å²) in [4.78, 5) is 4.14. The lowest BCUT2D eigenvalue weighted by molar-refractivity contribution is 0.0717. The van der Waals surface area contributed by atoms with Gasteiger partial charge in [-0.15, -0.1) is 0 Å². The third-order valence-corrected chi connectivity index (χ3v) is 5.54. The topological polar surface area (TPSA) is 92.5 Å². The van der Waals surface area contributed by atoms with Crippen LogP contribution in [0.1, 0.15) is 5.56 Å². The molecule has 0 bridgehead atoms. The van der Waals surface area contributed by atoms with Crippen molar-refractivity contribution in [2.24, 2.45) is 0 Å². The maximum Gasteiger partial charge on any atom is 0.247 e. The first-order valence-corrected chi connectivity index (χ1v) is 8.65. The van der Waals surface area contributed by atoms with E-state index in [2.05, 4.69) is 4.98 Å². The number of benzene rings is 1. The minimum absolute atomic E-state index is 0.126. The van der Waals surface area contributed by atoms with E-state index >= 15 is 0 Å². The van der Waals surface area contributed by atoms with Crippen molar-refractivity contribution in [3.63, 3.8) is 0 Å². The third-order valence-electron chi connectivity index (χ3n) is 3.67. The Bertz CT molecular complexity index is 886. The zero-order chi connectivity index (χ0) is 17.2. The fourth-order valence-electron chi connectivity index (χ4n) is 2.37. The fraction of sp³-hybridized carbons (Fsp3) is 0.250. The van der Waals surface area contributed by atoms with Crippen molar-refractivity contribution in [3.8, 4) is 17.7 Å². The number of hydrogen-bond donors (Lipinski definition) is 0. The molecule has 2 heterocycles. The number of ether oxygens (including phenoxy) is 2. The summed E-state index contributed by atoms with van der Waals surface area (Å²) in [6.07, 6.45) is 1.19. The average molecular weight is 345 g/mol. The predicted octanol–water partition coefficient (Wildman–Crippen LogP) is 1.41. The van der Waals surface area contributed by atoms with Crippen molar-refractivity contribution in [1.29, 1.82) is 5.26 Å². The van der Waals surface area contributed by atoms with Crippen molar-refractivity contribution in [2.45, 2.75) is 11.0 Å². The Hall–Kier alpha value is -2.63. The molecule has 0 unspecified atom stereocenters. The number of hydrogen-bond acceptors (Lipinski definition) is 6. The molecule has 0 saturated carbocycles. The van der Waals surface area contributed by atoms with Crippen LogP contribution in [0.25, 0.3) is 0 Å². The average Bonchev–Trinajstić information content (AvgIpc) is 2.57. The summed E-state index contributed by atoms with van der Waals surface area (Å²) in [5.41, 5.74) is 0.323. The monoisotopic (exact) mass is 345 g/mol. The zero-order valence-corrected chi connectivity index (χ0v) is 13.7. The van der Waals surface area contributed by atoms with Gasteiger partial charge in [-0.25, -0.2) is 13.4 Å². The molecule has 1 aromatic carbocycles. The van der Waals surface area contributed by atoms with Gasteiger partial charge in [-0.3, -0.25) is 0 Å². The van der Waals surface area contributed by atoms with Gasteiger partial charge in [0.15, 0.2) is 0 Å². The summed E-state index contributed by atoms with van der Waals surface area (Å²) in [5.74, 6) is 0.526. The molecule has 1 aliphatic rings. The van der Waals surface area contributed by atoms with Crippen molar-refractivity contribution >= 4 is 10.0 Å². The quantitative estimate of drug-likeness (QED) is 0.813. The van der Waals surface area contributed by atoms with Crippen LogP contribution >= 0.6 is 0 Å². The minimum atomic E-state index is -3.64. The van der Waals surface area contributed by atoms with Gasteiger partial charge in [-0.05, 0) is 24.3 Å². The van der Waals surface area contributed by atoms with Crippen molar-refractivity contribution in [2.75, 3.05) is 20.2 Å². The van der Waals surface area contributed by atoms with Crippen LogP contribution in [0.5, 0.6) is 11.6 Å². The number of rotatable bonds is 5. The molecule has 1 fully saturated rings. The highest BCUT2D eigenvalue weighted by molar-refractivity contribution is 7.89. The highest BCUT2D eigenvalue weighted by Gasteiger charge is 2.39. The maximum absolute atomic E-state index is 12.6. The highest BCUT2D eigenvalue weighted by Crippen LogP contribution is 2.30. The minimum Gasteiger partial charge on any atom is -0.495 e. The van der Waals surface area contributed by atoms with Gasteiger partial charge in [0.05, 0.1) is 20.2 Å². The smallest absolute Gasteiger partial charge is 0.247 e. The largest absolute Gasteiger partial charge is 0.495 e. The molecule has 0 radical (unpaired) electrons. The maximum atomic E-state index is 12.6. The lowest BCUT2D eigenvalue weighted by Crippen LogP contribution is -2.56. The molecule has 0 N–H and O–H groups in total. The van der Waals surface area contributed by atoms with E-state index in [9.17, 15) is 8.42 Å². The van der Waals surface area contributed by atoms with Gasteiger partial charge in [0.1, 0.15) is 28.4 Å². The first-order valence-electron chi connectivity index (χ1n) is 7.21. The number of nitrogens with zero attached hydrogens (tertiary/aromatic N) is 3. The van der Waals surface area contributed by atoms with Gasteiger partial charge in [-0.1, -0.05) is 12.1 Å². The summed E-state index contributed by atoms with van der Waals surface area (Å²) in [6, 6.07) is 11.7. The molecular weight excluding hydrogens is 330 g/mol. The van der Waals surface area contributed by atoms with Crippen LogP contribution < -0.4 is 9.47 Å². The number of pyridine rings is 1. The molecule has 1 saturated heterocycles. The molecule has 7 nitrogen and oxygen atoms in total. The first-order chi connectivity index (χ1) is 11.6. The van der Waals surface area contributed by atoms with Crippen LogP contribution in [0.2, 0.25) is 0 Å². The highest BCUT2D eigenvalue weighted by atomic mass is 32.2. The Labute approximate surface area is 140 Å². The van der Waals surface area contributed by atoms with E-state index in [4.69, 9.17) is 14.7 Å². The molecule has 0 spiro atoms. The van der Waals surface area contributed by atoms with Crippen LogP contribution in [0.3, 0.4) is 0 Å². The lowest BCUT2D eigenvalue weighted by atomic mass is 10.2. The van der Waals surface area contributed by atoms with Crippen molar-refractivity contribution in [3.05, 3.63) is 48.2 Å². The first kappa shape index (κ1) is 16.2. The van der Waals surface area contributed by atoms with Crippen LogP contribution in [-0.2, 0) is 10.0 Å². The van der Waals surface area contributed by atoms with Gasteiger partial charge in [0.2, 0.25) is 15.9 Å². The van der Waals surface area contributed by atoms with Crippen LogP contribution in [0, 0.1) is 11.3 Å². The summed E-state index contributed by atoms with van der Waals surface area (Å²) in [7, 11) is -2.21. The Morgan fingerprint density at radius 1 is 1.25 bits per heavy atom. The van der Waals surface area contributed by atoms with E-state index in [0.29, 0.717) is 11.3 Å². The van der Waals surface area contributed by atoms with Gasteiger partial charge in [0.25, 0.3) is 0 Å². The number of para-hydroxylation sites is 1. The second kappa shape index (κ2) is 6.47. The standard InChI is InChI=1S/C16H15N3O4S/c1-22-14-6-2-3-7-15(14)24(20,21)19-10-13(11-19)23-16-12(9-17)5-4-8-18-16/h2-8,13H,10-11H2,1H3. The van der Waals surface area contributed by atoms with Crippen molar-refractivity contribution < 1.29 is 17.9 Å². The van der Waals surface area contributed by atoms with Gasteiger partial charge in [-0.2, -0.15) is 9.57 Å². The Morgan fingerprint density at radius 3 is 2.71 bits per heavy atom. The summed E-state index contributed by atoms with van der Waals surface area (Å²) >= 11 is 0. The summed E-state index contributed by atoms with van der Waals surface area (Å²) in [5, 5.41) is 9.02. The van der Waals surface area contributed by atoms with E-state index in [1.54, 1.807) is 30.3 Å². The second-order valence-electron chi connectivity index (χ2n) is 5.18. The number of sulfonamides is 1. The number of aromatic nitrogens is 1. The molecule has 3 rings (SSSR count). The lowest BCUT2D eigenvalue weighted by Gasteiger charge is -2.37. The number of methoxy groups -OCH3 is 1. The van der Waals surface area contributed by atoms with Gasteiger partial charge < -0.3 is 9.47 Å². The Morgan fingerprint density at radius 2 is 2.00 bits per heavy atom. The molecule has 0 atom stereocenters. The molecule has 124 valence electrons. The third kappa shape index (κ3) is 2.91. The zero-order valence-electron chi connectivity index (χ0n) is 12.9. The normalized spacial score (nSPS) is 15.3. The SMILES string of the molecule is COc1ccccc1S(=O)(=O)N1CC(Oc2ncccc2C#N)C1. The molecule has 24 heavy (non-hydrogen) atoms. The van der Waals surface area contributed by atoms with Crippen LogP contribution in [-0.4, -0.2) is 44.0 Å². The molecule has 2 aromatic rings. The summed E-state index contributed by atoms with van der Waals surface area (Å²) in [6.45, 7) is 0.393. The Balaban J connectivity index is 1.71. The molecular formula is C16H15N3O4S. The summed E-state index contributed by atoms with van der Waals surface area (Å²) < 4.78 is 37.3. The van der Waals surface area contributed by atoms with E-state index < -0.39 is 10.0 Å². The van der Waals surface area contributed by atoms with E-state index in [-0.39, 0.29) is 30.0 Å². The predicted molar refractivity (Wildman–Crippen MR) is 85.1 cm³/mol. The van der Waals surface area contributed by atoms with E-state index in [1.807, 2.05) is 6.07 Å². The van der Waals surface area contributed by atoms with Crippen LogP contribution in [0.15, 0.2) is 47.5 Å². The molecule has 0 amide bonds. The Kier molecular flexibility index (Phi) is 4.38. The van der Waals surface area contributed by atoms with Crippen LogP contribution in [0.4, 0.5) is 0 Å². The fourth-order valence-corrected chi connectivity index (χ4v) is 4.03. The second-order valence-corrected chi connectivity index (χ2v) is 7.09. The molecule has 0 aliphatic carbocycles. The number of nitriles is 1. The van der Waals surface area contributed by atoms with E-state index in [0.717, 1.165) is 0 Å². The van der Waals surface area contributed by atoms with Gasteiger partial charge in [0, 0.05) is 6.20 Å². The molecule has 1 aliphatic heterocycles.